The van der Waals surface area contributed by atoms with E-state index in [1.54, 1.807) is 43.3 Å². The second kappa shape index (κ2) is 11.0. The maximum absolute atomic E-state index is 13.6. The molecule has 1 atom stereocenters. The molecule has 2 amide bonds. The molecule has 11 heteroatoms. The molecule has 34 heavy (non-hydrogen) atoms. The van der Waals surface area contributed by atoms with Gasteiger partial charge in [-0.05, 0) is 43.2 Å². The van der Waals surface area contributed by atoms with Crippen molar-refractivity contribution < 1.29 is 27.5 Å². The topological polar surface area (TPSA) is 105 Å². The number of anilines is 1. The lowest BCUT2D eigenvalue weighted by Crippen LogP contribution is -2.52. The van der Waals surface area contributed by atoms with E-state index in [1.165, 1.54) is 24.9 Å². The van der Waals surface area contributed by atoms with Gasteiger partial charge in [0.1, 0.15) is 12.6 Å². The number of amides is 2. The van der Waals surface area contributed by atoms with Crippen molar-refractivity contribution in [2.45, 2.75) is 32.9 Å². The first kappa shape index (κ1) is 25.6. The molecule has 0 unspecified atom stereocenters. The molecule has 1 heterocycles. The number of carbonyl (C=O) groups excluding carboxylic acids is 2. The monoisotopic (exact) mass is 509 g/mol. The van der Waals surface area contributed by atoms with Gasteiger partial charge in [-0.1, -0.05) is 30.7 Å². The van der Waals surface area contributed by atoms with E-state index in [2.05, 4.69) is 5.32 Å². The average molecular weight is 510 g/mol. The van der Waals surface area contributed by atoms with Crippen LogP contribution in [-0.2, 0) is 26.2 Å². The summed E-state index contributed by atoms with van der Waals surface area (Å²) in [6.45, 7) is 2.97. The van der Waals surface area contributed by atoms with Gasteiger partial charge in [-0.2, -0.15) is 0 Å². The Kier molecular flexibility index (Phi) is 8.27. The van der Waals surface area contributed by atoms with Gasteiger partial charge in [0.15, 0.2) is 11.5 Å². The molecule has 2 aromatic carbocycles. The molecule has 2 aromatic rings. The number of rotatable bonds is 10. The zero-order chi connectivity index (χ0) is 24.9. The van der Waals surface area contributed by atoms with Crippen LogP contribution in [0.4, 0.5) is 5.69 Å². The smallest absolute Gasteiger partial charge is 0.244 e. The van der Waals surface area contributed by atoms with Gasteiger partial charge in [0.2, 0.25) is 28.6 Å². The molecule has 184 valence electrons. The number of hydrogen-bond acceptors (Lipinski definition) is 6. The Balaban J connectivity index is 1.96. The van der Waals surface area contributed by atoms with E-state index < -0.39 is 28.5 Å². The number of likely N-dealkylation sites (N-methyl/N-ethyl adjacent to an activating group) is 1. The van der Waals surface area contributed by atoms with Crippen LogP contribution in [0.3, 0.4) is 0 Å². The summed E-state index contributed by atoms with van der Waals surface area (Å²) in [5, 5.41) is 3.13. The van der Waals surface area contributed by atoms with Crippen molar-refractivity contribution in [2.24, 2.45) is 0 Å². The van der Waals surface area contributed by atoms with Crippen LogP contribution in [0.15, 0.2) is 42.5 Å². The van der Waals surface area contributed by atoms with Crippen molar-refractivity contribution >= 4 is 39.1 Å². The van der Waals surface area contributed by atoms with Crippen LogP contribution >= 0.6 is 11.6 Å². The van der Waals surface area contributed by atoms with Crippen LogP contribution in [0.25, 0.3) is 0 Å². The van der Waals surface area contributed by atoms with Gasteiger partial charge < -0.3 is 19.7 Å². The summed E-state index contributed by atoms with van der Waals surface area (Å²) in [6.07, 6.45) is 0.351. The summed E-state index contributed by atoms with van der Waals surface area (Å²) in [5.41, 5.74) is 1.03. The van der Waals surface area contributed by atoms with Gasteiger partial charge in [0.25, 0.3) is 0 Å². The highest BCUT2D eigenvalue weighted by atomic mass is 35.5. The molecule has 1 N–H and O–H groups in total. The summed E-state index contributed by atoms with van der Waals surface area (Å²) in [7, 11) is -2.33. The van der Waals surface area contributed by atoms with Crippen molar-refractivity contribution in [2.75, 3.05) is 30.4 Å². The van der Waals surface area contributed by atoms with Gasteiger partial charge in [0.05, 0.1) is 11.4 Å². The predicted molar refractivity (Wildman–Crippen MR) is 130 cm³/mol. The molecule has 0 radical (unpaired) electrons. The Morgan fingerprint density at radius 1 is 1.09 bits per heavy atom. The molecule has 1 aliphatic heterocycles. The Bertz CT molecular complexity index is 1140. The number of halogens is 1. The van der Waals surface area contributed by atoms with Crippen LogP contribution < -0.4 is 19.1 Å². The van der Waals surface area contributed by atoms with E-state index in [0.29, 0.717) is 22.9 Å². The van der Waals surface area contributed by atoms with Crippen LogP contribution in [0.5, 0.6) is 11.5 Å². The van der Waals surface area contributed by atoms with E-state index >= 15 is 0 Å². The van der Waals surface area contributed by atoms with Gasteiger partial charge in [-0.25, -0.2) is 8.42 Å². The van der Waals surface area contributed by atoms with Crippen LogP contribution in [0.2, 0.25) is 5.02 Å². The number of hydrogen-bond donors (Lipinski definition) is 1. The number of carbonyl (C=O) groups is 2. The van der Waals surface area contributed by atoms with Crippen LogP contribution in [-0.4, -0.2) is 57.3 Å². The minimum Gasteiger partial charge on any atom is -0.454 e. The lowest BCUT2D eigenvalue weighted by atomic mass is 10.1. The van der Waals surface area contributed by atoms with Crippen molar-refractivity contribution in [3.05, 3.63) is 53.1 Å². The SMILES string of the molecule is CC[C@@H](C(=O)NC)N(Cc1ccc(Cl)cc1)C(=O)CN(c1ccc2c(c1)OCO2)S(=O)(=O)CC. The second-order valence-electron chi connectivity index (χ2n) is 7.63. The highest BCUT2D eigenvalue weighted by molar-refractivity contribution is 7.92. The van der Waals surface area contributed by atoms with E-state index in [-0.39, 0.29) is 30.7 Å². The van der Waals surface area contributed by atoms with E-state index in [0.717, 1.165) is 9.87 Å². The minimum absolute atomic E-state index is 0.0391. The highest BCUT2D eigenvalue weighted by Gasteiger charge is 2.32. The molecule has 0 aliphatic carbocycles. The van der Waals surface area contributed by atoms with Gasteiger partial charge in [0, 0.05) is 24.7 Å². The van der Waals surface area contributed by atoms with E-state index in [9.17, 15) is 18.0 Å². The maximum Gasteiger partial charge on any atom is 0.244 e. The molecule has 0 aromatic heterocycles. The number of ether oxygens (including phenoxy) is 2. The third-order valence-corrected chi connectivity index (χ3v) is 7.52. The van der Waals surface area contributed by atoms with Gasteiger partial charge in [-0.3, -0.25) is 13.9 Å². The molecule has 0 saturated heterocycles. The molecule has 0 spiro atoms. The Hall–Kier alpha value is -2.98. The standard InChI is InChI=1S/C23H28ClN3O6S/c1-4-19(23(29)25-3)26(13-16-6-8-17(24)9-7-16)22(28)14-27(34(30,31)5-2)18-10-11-20-21(12-18)33-15-32-20/h6-12,19H,4-5,13-15H2,1-3H3,(H,25,29)/t19-/m0/s1. The molecule has 1 aliphatic rings. The summed E-state index contributed by atoms with van der Waals surface area (Å²) >= 11 is 5.98. The Labute approximate surface area is 204 Å². The van der Waals surface area contributed by atoms with E-state index in [1.807, 2.05) is 0 Å². The Morgan fingerprint density at radius 3 is 2.38 bits per heavy atom. The highest BCUT2D eigenvalue weighted by Crippen LogP contribution is 2.36. The molecule has 0 fully saturated rings. The fraction of sp³-hybridized carbons (Fsp3) is 0.391. The fourth-order valence-corrected chi connectivity index (χ4v) is 4.81. The number of nitrogens with zero attached hydrogens (tertiary/aromatic N) is 2. The minimum atomic E-state index is -3.82. The van der Waals surface area contributed by atoms with Crippen molar-refractivity contribution in [3.63, 3.8) is 0 Å². The van der Waals surface area contributed by atoms with E-state index in [4.69, 9.17) is 21.1 Å². The van der Waals surface area contributed by atoms with Gasteiger partial charge >= 0.3 is 0 Å². The molecule has 3 rings (SSSR count). The van der Waals surface area contributed by atoms with Crippen LogP contribution in [0.1, 0.15) is 25.8 Å². The average Bonchev–Trinajstić information content (AvgIpc) is 3.31. The largest absolute Gasteiger partial charge is 0.454 e. The molecule has 0 bridgehead atoms. The lowest BCUT2D eigenvalue weighted by molar-refractivity contribution is -0.140. The second-order valence-corrected chi connectivity index (χ2v) is 10.2. The zero-order valence-electron chi connectivity index (χ0n) is 19.3. The summed E-state index contributed by atoms with van der Waals surface area (Å²) in [5.74, 6) is -0.161. The third-order valence-electron chi connectivity index (χ3n) is 5.52. The van der Waals surface area contributed by atoms with Crippen LogP contribution in [0, 0.1) is 0 Å². The third kappa shape index (κ3) is 5.74. The summed E-state index contributed by atoms with van der Waals surface area (Å²) in [4.78, 5) is 27.6. The van der Waals surface area contributed by atoms with Gasteiger partial charge in [-0.15, -0.1) is 0 Å². The Morgan fingerprint density at radius 2 is 1.76 bits per heavy atom. The number of fused-ring (bicyclic) bond motifs is 1. The molecule has 0 saturated carbocycles. The zero-order valence-corrected chi connectivity index (χ0v) is 20.9. The molecular formula is C23H28ClN3O6S. The first-order valence-electron chi connectivity index (χ1n) is 10.9. The first-order valence-corrected chi connectivity index (χ1v) is 12.8. The maximum atomic E-state index is 13.6. The number of benzene rings is 2. The molecule has 9 nitrogen and oxygen atoms in total. The summed E-state index contributed by atoms with van der Waals surface area (Å²) in [6, 6.07) is 10.8. The van der Waals surface area contributed by atoms with Crippen molar-refractivity contribution in [3.8, 4) is 11.5 Å². The predicted octanol–water partition coefficient (Wildman–Crippen LogP) is 2.78. The summed E-state index contributed by atoms with van der Waals surface area (Å²) < 4.78 is 37.7. The van der Waals surface area contributed by atoms with Crippen molar-refractivity contribution in [1.29, 1.82) is 0 Å². The lowest BCUT2D eigenvalue weighted by Gasteiger charge is -2.33. The quantitative estimate of drug-likeness (QED) is 0.528. The molecular weight excluding hydrogens is 482 g/mol. The normalized spacial score (nSPS) is 13.3. The first-order chi connectivity index (χ1) is 16.2. The fourth-order valence-electron chi connectivity index (χ4n) is 3.63. The van der Waals surface area contributed by atoms with Crippen molar-refractivity contribution in [1.82, 2.24) is 10.2 Å². The number of nitrogens with one attached hydrogen (secondary N) is 1. The number of sulfonamides is 1.